The van der Waals surface area contributed by atoms with E-state index in [0.29, 0.717) is 12.8 Å². The third kappa shape index (κ3) is 4.07. The zero-order valence-electron chi connectivity index (χ0n) is 13.0. The van der Waals surface area contributed by atoms with E-state index in [2.05, 4.69) is 10.6 Å². The Morgan fingerprint density at radius 2 is 1.79 bits per heavy atom. The van der Waals surface area contributed by atoms with Crippen LogP contribution >= 0.6 is 23.2 Å². The van der Waals surface area contributed by atoms with E-state index in [1.54, 1.807) is 0 Å². The number of benzene rings is 1. The number of hydrogen-bond acceptors (Lipinski definition) is 2. The molecule has 0 spiro atoms. The van der Waals surface area contributed by atoms with Gasteiger partial charge in [-0.2, -0.15) is 13.2 Å². The maximum atomic E-state index is 12.9. The lowest BCUT2D eigenvalue weighted by Gasteiger charge is -2.27. The van der Waals surface area contributed by atoms with Crippen LogP contribution in [0.4, 0.5) is 23.7 Å². The van der Waals surface area contributed by atoms with Crippen molar-refractivity contribution in [3.63, 3.8) is 0 Å². The Balaban J connectivity index is 2.19. The van der Waals surface area contributed by atoms with Crippen molar-refractivity contribution in [2.45, 2.75) is 44.5 Å². The van der Waals surface area contributed by atoms with Crippen LogP contribution in [0.3, 0.4) is 0 Å². The van der Waals surface area contributed by atoms with E-state index in [4.69, 9.17) is 23.2 Å². The monoisotopic (exact) mass is 384 g/mol. The fraction of sp³-hybridized carbons (Fsp3) is 0.533. The average Bonchev–Trinajstić information content (AvgIpc) is 3.25. The van der Waals surface area contributed by atoms with Crippen molar-refractivity contribution in [3.05, 3.63) is 27.7 Å². The van der Waals surface area contributed by atoms with Crippen molar-refractivity contribution in [3.8, 4) is 0 Å². The second-order valence-electron chi connectivity index (χ2n) is 6.11. The van der Waals surface area contributed by atoms with Gasteiger partial charge in [0.1, 0.15) is 0 Å². The number of anilines is 1. The predicted molar refractivity (Wildman–Crippen MR) is 86.4 cm³/mol. The Morgan fingerprint density at radius 3 is 2.21 bits per heavy atom. The van der Waals surface area contributed by atoms with E-state index in [1.807, 2.05) is 6.92 Å². The Kier molecular flexibility index (Phi) is 5.28. The summed E-state index contributed by atoms with van der Waals surface area (Å²) in [7, 11) is 0. The SMILES string of the molecule is C[C@@H](NC(=O)Nc1c(Cl)cc(C(C)(O)C(F)(F)F)cc1Cl)C1CC1. The highest BCUT2D eigenvalue weighted by molar-refractivity contribution is 6.39. The topological polar surface area (TPSA) is 61.4 Å². The summed E-state index contributed by atoms with van der Waals surface area (Å²) < 4.78 is 38.7. The molecule has 134 valence electrons. The highest BCUT2D eigenvalue weighted by atomic mass is 35.5. The van der Waals surface area contributed by atoms with Crippen LogP contribution in [0, 0.1) is 5.92 Å². The third-order valence-electron chi connectivity index (χ3n) is 4.08. The number of carbonyl (C=O) groups excluding carboxylic acids is 1. The molecule has 0 bridgehead atoms. The van der Waals surface area contributed by atoms with Crippen LogP contribution in [0.1, 0.15) is 32.3 Å². The first kappa shape index (κ1) is 19.1. The summed E-state index contributed by atoms with van der Waals surface area (Å²) in [6, 6.07) is 1.29. The number of alkyl halides is 3. The molecule has 1 aliphatic carbocycles. The fourth-order valence-electron chi connectivity index (χ4n) is 2.21. The van der Waals surface area contributed by atoms with Gasteiger partial charge in [0.05, 0.1) is 15.7 Å². The van der Waals surface area contributed by atoms with Gasteiger partial charge in [-0.05, 0) is 50.3 Å². The molecule has 3 N–H and O–H groups in total. The van der Waals surface area contributed by atoms with E-state index in [-0.39, 0.29) is 21.8 Å². The molecule has 1 aromatic rings. The van der Waals surface area contributed by atoms with Crippen LogP contribution in [0.2, 0.25) is 10.0 Å². The number of hydrogen-bond donors (Lipinski definition) is 3. The smallest absolute Gasteiger partial charge is 0.376 e. The van der Waals surface area contributed by atoms with Crippen molar-refractivity contribution >= 4 is 34.9 Å². The fourth-order valence-corrected chi connectivity index (χ4v) is 2.79. The zero-order chi connectivity index (χ0) is 18.3. The molecule has 4 nitrogen and oxygen atoms in total. The molecule has 9 heteroatoms. The molecule has 2 rings (SSSR count). The second kappa shape index (κ2) is 6.61. The predicted octanol–water partition coefficient (Wildman–Crippen LogP) is 4.68. The number of urea groups is 1. The quantitative estimate of drug-likeness (QED) is 0.705. The molecule has 2 atom stereocenters. The number of aliphatic hydroxyl groups is 1. The minimum Gasteiger partial charge on any atom is -0.376 e. The maximum absolute atomic E-state index is 12.9. The van der Waals surface area contributed by atoms with Gasteiger partial charge in [-0.25, -0.2) is 4.79 Å². The van der Waals surface area contributed by atoms with Gasteiger partial charge in [0, 0.05) is 6.04 Å². The summed E-state index contributed by atoms with van der Waals surface area (Å²) in [5, 5.41) is 14.4. The van der Waals surface area contributed by atoms with Gasteiger partial charge in [-0.1, -0.05) is 23.2 Å². The van der Waals surface area contributed by atoms with Crippen molar-refractivity contribution in [1.29, 1.82) is 0 Å². The highest BCUT2D eigenvalue weighted by Gasteiger charge is 2.51. The standard InChI is InChI=1S/C15H17Cl2F3N2O2/c1-7(8-3-4-8)21-13(23)22-12-10(16)5-9(6-11(12)17)14(2,24)15(18,19)20/h5-8,24H,3-4H2,1-2H3,(H2,21,22,23)/t7-,14?/m1/s1. The molecule has 1 aromatic carbocycles. The molecule has 1 saturated carbocycles. The third-order valence-corrected chi connectivity index (χ3v) is 4.68. The van der Waals surface area contributed by atoms with Gasteiger partial charge in [0.2, 0.25) is 0 Å². The van der Waals surface area contributed by atoms with Gasteiger partial charge in [-0.15, -0.1) is 0 Å². The molecule has 0 aromatic heterocycles. The molecule has 0 heterocycles. The normalized spacial score (nSPS) is 18.7. The van der Waals surface area contributed by atoms with Crippen LogP contribution in [0.15, 0.2) is 12.1 Å². The number of halogens is 5. The van der Waals surface area contributed by atoms with Crippen molar-refractivity contribution < 1.29 is 23.1 Å². The Morgan fingerprint density at radius 1 is 1.29 bits per heavy atom. The summed E-state index contributed by atoms with van der Waals surface area (Å²) in [4.78, 5) is 11.9. The molecule has 0 radical (unpaired) electrons. The van der Waals surface area contributed by atoms with Gasteiger partial charge in [0.25, 0.3) is 0 Å². The minimum absolute atomic E-state index is 0.0134. The summed E-state index contributed by atoms with van der Waals surface area (Å²) in [6.07, 6.45) is -2.81. The van der Waals surface area contributed by atoms with Gasteiger partial charge >= 0.3 is 12.2 Å². The van der Waals surface area contributed by atoms with Gasteiger partial charge in [-0.3, -0.25) is 0 Å². The number of rotatable bonds is 4. The first-order valence-corrected chi connectivity index (χ1v) is 8.05. The lowest BCUT2D eigenvalue weighted by atomic mass is 9.95. The van der Waals surface area contributed by atoms with Crippen molar-refractivity contribution in [2.75, 3.05) is 5.32 Å². The summed E-state index contributed by atoms with van der Waals surface area (Å²) in [5.41, 5.74) is -3.63. The lowest BCUT2D eigenvalue weighted by molar-refractivity contribution is -0.258. The zero-order valence-corrected chi connectivity index (χ0v) is 14.5. The number of amides is 2. The van der Waals surface area contributed by atoms with Gasteiger partial charge in [0.15, 0.2) is 5.60 Å². The van der Waals surface area contributed by atoms with Crippen molar-refractivity contribution in [2.24, 2.45) is 5.92 Å². The number of carbonyl (C=O) groups is 1. The minimum atomic E-state index is -4.90. The molecular formula is C15H17Cl2F3N2O2. The molecule has 0 saturated heterocycles. The second-order valence-corrected chi connectivity index (χ2v) is 6.92. The van der Waals surface area contributed by atoms with Crippen LogP contribution in [-0.4, -0.2) is 23.4 Å². The Hall–Kier alpha value is -1.18. The Bertz CT molecular complexity index is 623. The van der Waals surface area contributed by atoms with Crippen LogP contribution < -0.4 is 10.6 Å². The molecular weight excluding hydrogens is 368 g/mol. The molecule has 2 amide bonds. The van der Waals surface area contributed by atoms with Crippen LogP contribution in [0.25, 0.3) is 0 Å². The van der Waals surface area contributed by atoms with E-state index < -0.39 is 23.4 Å². The molecule has 1 fully saturated rings. The first-order chi connectivity index (χ1) is 10.9. The van der Waals surface area contributed by atoms with E-state index >= 15 is 0 Å². The van der Waals surface area contributed by atoms with E-state index in [9.17, 15) is 23.1 Å². The van der Waals surface area contributed by atoms with Crippen molar-refractivity contribution in [1.82, 2.24) is 5.32 Å². The average molecular weight is 385 g/mol. The van der Waals surface area contributed by atoms with Crippen LogP contribution in [-0.2, 0) is 5.60 Å². The highest BCUT2D eigenvalue weighted by Crippen LogP contribution is 2.42. The lowest BCUT2D eigenvalue weighted by Crippen LogP contribution is -2.39. The summed E-state index contributed by atoms with van der Waals surface area (Å²) >= 11 is 11.9. The number of nitrogens with one attached hydrogen (secondary N) is 2. The molecule has 1 unspecified atom stereocenters. The maximum Gasteiger partial charge on any atom is 0.421 e. The summed E-state index contributed by atoms with van der Waals surface area (Å²) in [6.45, 7) is 2.47. The van der Waals surface area contributed by atoms with E-state index in [1.165, 1.54) is 0 Å². The largest absolute Gasteiger partial charge is 0.421 e. The molecule has 0 aliphatic heterocycles. The molecule has 24 heavy (non-hydrogen) atoms. The first-order valence-electron chi connectivity index (χ1n) is 7.29. The van der Waals surface area contributed by atoms with E-state index in [0.717, 1.165) is 25.0 Å². The molecule has 1 aliphatic rings. The Labute approximate surface area is 147 Å². The van der Waals surface area contributed by atoms with Crippen LogP contribution in [0.5, 0.6) is 0 Å². The summed E-state index contributed by atoms with van der Waals surface area (Å²) in [5.74, 6) is 0.436. The van der Waals surface area contributed by atoms with Gasteiger partial charge < -0.3 is 15.7 Å².